The highest BCUT2D eigenvalue weighted by Gasteiger charge is 2.24. The van der Waals surface area contributed by atoms with Crippen molar-refractivity contribution in [3.8, 4) is 0 Å². The van der Waals surface area contributed by atoms with E-state index in [1.54, 1.807) is 0 Å². The number of alkyl halides is 1. The van der Waals surface area contributed by atoms with Crippen molar-refractivity contribution < 1.29 is 4.39 Å². The molecule has 1 aliphatic carbocycles. The first-order valence-corrected chi connectivity index (χ1v) is 7.95. The second kappa shape index (κ2) is 5.66. The van der Waals surface area contributed by atoms with E-state index >= 15 is 0 Å². The Morgan fingerprint density at radius 1 is 1.33 bits per heavy atom. The van der Waals surface area contributed by atoms with E-state index < -0.39 is 0 Å². The zero-order chi connectivity index (χ0) is 12.4. The number of hydrogen-bond acceptors (Lipinski definition) is 3. The van der Waals surface area contributed by atoms with Crippen LogP contribution >= 0.6 is 11.3 Å². The quantitative estimate of drug-likeness (QED) is 0.829. The Bertz CT molecular complexity index is 387. The lowest BCUT2D eigenvalue weighted by atomic mass is 10.1. The SMILES string of the molecule is FCC1CCN(Cc2csc(C3CCCC3)n2)C1. The third kappa shape index (κ3) is 2.75. The van der Waals surface area contributed by atoms with Crippen LogP contribution in [0.2, 0.25) is 0 Å². The maximum atomic E-state index is 12.6. The second-order valence-corrected chi connectivity index (χ2v) is 6.59. The van der Waals surface area contributed by atoms with E-state index in [1.807, 2.05) is 11.3 Å². The summed E-state index contributed by atoms with van der Waals surface area (Å²) in [5, 5.41) is 3.54. The molecule has 1 aliphatic heterocycles. The molecule has 2 heterocycles. The maximum absolute atomic E-state index is 12.6. The summed E-state index contributed by atoms with van der Waals surface area (Å²) in [7, 11) is 0. The molecule has 3 rings (SSSR count). The third-order valence-electron chi connectivity index (χ3n) is 4.25. The molecule has 0 radical (unpaired) electrons. The minimum atomic E-state index is -0.166. The van der Waals surface area contributed by atoms with Gasteiger partial charge in [-0.25, -0.2) is 4.98 Å². The molecule has 18 heavy (non-hydrogen) atoms. The molecule has 1 saturated heterocycles. The Morgan fingerprint density at radius 2 is 2.17 bits per heavy atom. The van der Waals surface area contributed by atoms with Gasteiger partial charge in [-0.15, -0.1) is 11.3 Å². The highest BCUT2D eigenvalue weighted by atomic mass is 32.1. The molecule has 0 bridgehead atoms. The summed E-state index contributed by atoms with van der Waals surface area (Å²) in [6.45, 7) is 2.69. The maximum Gasteiger partial charge on any atom is 0.0959 e. The molecular weight excluding hydrogens is 247 g/mol. The van der Waals surface area contributed by atoms with Crippen molar-refractivity contribution in [3.05, 3.63) is 16.1 Å². The summed E-state index contributed by atoms with van der Waals surface area (Å²) in [5.41, 5.74) is 1.20. The van der Waals surface area contributed by atoms with E-state index in [2.05, 4.69) is 10.3 Å². The van der Waals surface area contributed by atoms with Crippen molar-refractivity contribution in [2.45, 2.75) is 44.6 Å². The number of likely N-dealkylation sites (tertiary alicyclic amines) is 1. The van der Waals surface area contributed by atoms with Gasteiger partial charge in [-0.3, -0.25) is 9.29 Å². The molecule has 1 aromatic heterocycles. The molecule has 100 valence electrons. The summed E-state index contributed by atoms with van der Waals surface area (Å²) in [5.74, 6) is 0.985. The van der Waals surface area contributed by atoms with Crippen LogP contribution in [0.5, 0.6) is 0 Å². The minimum Gasteiger partial charge on any atom is -0.297 e. The fourth-order valence-corrected chi connectivity index (χ4v) is 4.15. The van der Waals surface area contributed by atoms with Crippen LogP contribution in [0.1, 0.15) is 48.7 Å². The van der Waals surface area contributed by atoms with Crippen LogP contribution in [0.25, 0.3) is 0 Å². The normalized spacial score (nSPS) is 26.2. The first kappa shape index (κ1) is 12.5. The highest BCUT2D eigenvalue weighted by Crippen LogP contribution is 2.35. The lowest BCUT2D eigenvalue weighted by Gasteiger charge is -2.13. The van der Waals surface area contributed by atoms with Gasteiger partial charge in [0, 0.05) is 30.3 Å². The molecule has 2 nitrogen and oxygen atoms in total. The van der Waals surface area contributed by atoms with Gasteiger partial charge < -0.3 is 0 Å². The zero-order valence-corrected chi connectivity index (χ0v) is 11.6. The average Bonchev–Trinajstić information content (AvgIpc) is 3.10. The van der Waals surface area contributed by atoms with Gasteiger partial charge in [0.25, 0.3) is 0 Å². The standard InChI is InChI=1S/C14H21FN2S/c15-7-11-5-6-17(8-11)9-13-10-18-14(16-13)12-3-1-2-4-12/h10-12H,1-9H2. The molecule has 0 spiro atoms. The van der Waals surface area contributed by atoms with Crippen LogP contribution in [-0.4, -0.2) is 29.6 Å². The predicted octanol–water partition coefficient (Wildman–Crippen LogP) is 3.59. The van der Waals surface area contributed by atoms with Crippen molar-refractivity contribution in [1.82, 2.24) is 9.88 Å². The lowest BCUT2D eigenvalue weighted by molar-refractivity contribution is 0.294. The van der Waals surface area contributed by atoms with Crippen molar-refractivity contribution in [2.24, 2.45) is 5.92 Å². The monoisotopic (exact) mass is 268 g/mol. The first-order chi connectivity index (χ1) is 8.85. The van der Waals surface area contributed by atoms with Crippen molar-refractivity contribution in [3.63, 3.8) is 0 Å². The zero-order valence-electron chi connectivity index (χ0n) is 10.8. The summed E-state index contributed by atoms with van der Waals surface area (Å²) >= 11 is 1.82. The van der Waals surface area contributed by atoms with Gasteiger partial charge in [-0.1, -0.05) is 12.8 Å². The number of nitrogens with zero attached hydrogens (tertiary/aromatic N) is 2. The predicted molar refractivity (Wildman–Crippen MR) is 72.7 cm³/mol. The molecular formula is C14H21FN2S. The van der Waals surface area contributed by atoms with E-state index in [0.717, 1.165) is 32.0 Å². The molecule has 2 aliphatic rings. The molecule has 4 heteroatoms. The third-order valence-corrected chi connectivity index (χ3v) is 5.30. The highest BCUT2D eigenvalue weighted by molar-refractivity contribution is 7.09. The topological polar surface area (TPSA) is 16.1 Å². The van der Waals surface area contributed by atoms with Crippen LogP contribution in [-0.2, 0) is 6.54 Å². The Labute approximate surface area is 112 Å². The summed E-state index contributed by atoms with van der Waals surface area (Å²) in [4.78, 5) is 7.13. The Kier molecular flexibility index (Phi) is 3.94. The Balaban J connectivity index is 1.57. The van der Waals surface area contributed by atoms with Gasteiger partial charge in [0.1, 0.15) is 0 Å². The minimum absolute atomic E-state index is 0.166. The van der Waals surface area contributed by atoms with Crippen LogP contribution in [0.15, 0.2) is 5.38 Å². The number of thiazole rings is 1. The fraction of sp³-hybridized carbons (Fsp3) is 0.786. The smallest absolute Gasteiger partial charge is 0.0959 e. The molecule has 0 aromatic carbocycles. The van der Waals surface area contributed by atoms with Gasteiger partial charge in [0.05, 0.1) is 17.4 Å². The van der Waals surface area contributed by atoms with E-state index in [-0.39, 0.29) is 12.6 Å². The van der Waals surface area contributed by atoms with E-state index in [0.29, 0.717) is 0 Å². The molecule has 0 amide bonds. The van der Waals surface area contributed by atoms with Crippen LogP contribution in [0.3, 0.4) is 0 Å². The summed E-state index contributed by atoms with van der Waals surface area (Å²) < 4.78 is 12.6. The molecule has 2 fully saturated rings. The summed E-state index contributed by atoms with van der Waals surface area (Å²) in [6, 6.07) is 0. The molecule has 1 unspecified atom stereocenters. The number of rotatable bonds is 4. The van der Waals surface area contributed by atoms with Crippen molar-refractivity contribution in [1.29, 1.82) is 0 Å². The molecule has 1 aromatic rings. The first-order valence-electron chi connectivity index (χ1n) is 7.08. The number of hydrogen-bond donors (Lipinski definition) is 0. The van der Waals surface area contributed by atoms with E-state index in [9.17, 15) is 4.39 Å². The summed E-state index contributed by atoms with van der Waals surface area (Å²) in [6.07, 6.45) is 6.38. The van der Waals surface area contributed by atoms with Gasteiger partial charge in [-0.05, 0) is 25.8 Å². The molecule has 1 saturated carbocycles. The Morgan fingerprint density at radius 3 is 2.89 bits per heavy atom. The van der Waals surface area contributed by atoms with E-state index in [1.165, 1.54) is 36.4 Å². The van der Waals surface area contributed by atoms with E-state index in [4.69, 9.17) is 4.98 Å². The number of aromatic nitrogens is 1. The largest absolute Gasteiger partial charge is 0.297 e. The van der Waals surface area contributed by atoms with Crippen LogP contribution < -0.4 is 0 Å². The van der Waals surface area contributed by atoms with Crippen LogP contribution in [0, 0.1) is 5.92 Å². The molecule has 1 atom stereocenters. The Hall–Kier alpha value is -0.480. The second-order valence-electron chi connectivity index (χ2n) is 5.70. The fourth-order valence-electron chi connectivity index (χ4n) is 3.17. The molecule has 0 N–H and O–H groups in total. The van der Waals surface area contributed by atoms with Gasteiger partial charge in [0.15, 0.2) is 0 Å². The van der Waals surface area contributed by atoms with Gasteiger partial charge in [0.2, 0.25) is 0 Å². The van der Waals surface area contributed by atoms with Gasteiger partial charge in [-0.2, -0.15) is 0 Å². The van der Waals surface area contributed by atoms with Crippen LogP contribution in [0.4, 0.5) is 4.39 Å². The van der Waals surface area contributed by atoms with Gasteiger partial charge >= 0.3 is 0 Å². The van der Waals surface area contributed by atoms with Crippen molar-refractivity contribution >= 4 is 11.3 Å². The van der Waals surface area contributed by atoms with Crippen molar-refractivity contribution in [2.75, 3.05) is 19.8 Å². The lowest BCUT2D eigenvalue weighted by Crippen LogP contribution is -2.20. The number of halogens is 1. The average molecular weight is 268 g/mol.